The van der Waals surface area contributed by atoms with Gasteiger partial charge in [-0.15, -0.1) is 0 Å². The number of hydrogen-bond acceptors (Lipinski definition) is 5. The zero-order chi connectivity index (χ0) is 20.5. The van der Waals surface area contributed by atoms with Crippen molar-refractivity contribution in [1.29, 1.82) is 0 Å². The molecule has 0 spiro atoms. The predicted molar refractivity (Wildman–Crippen MR) is 109 cm³/mol. The van der Waals surface area contributed by atoms with Crippen molar-refractivity contribution >= 4 is 28.1 Å². The number of non-ortho nitro benzene ring substituents is 1. The van der Waals surface area contributed by atoms with Gasteiger partial charge < -0.3 is 4.90 Å². The average Bonchev–Trinajstić information content (AvgIpc) is 2.73. The molecular weight excluding hydrogens is 373 g/mol. The molecule has 0 bridgehead atoms. The highest BCUT2D eigenvalue weighted by Gasteiger charge is 2.27. The Morgan fingerprint density at radius 2 is 1.86 bits per heavy atom. The molecule has 4 rings (SSSR count). The van der Waals surface area contributed by atoms with Gasteiger partial charge in [0, 0.05) is 47.4 Å². The molecule has 6 nitrogen and oxygen atoms in total. The number of carbonyl (C=O) groups excluding carboxylic acids is 1. The number of ketones is 1. The summed E-state index contributed by atoms with van der Waals surface area (Å²) in [5.41, 5.74) is 2.53. The van der Waals surface area contributed by atoms with Gasteiger partial charge in [-0.2, -0.15) is 0 Å². The van der Waals surface area contributed by atoms with E-state index < -0.39 is 4.92 Å². The third-order valence-electron chi connectivity index (χ3n) is 5.46. The molecule has 2 heterocycles. The summed E-state index contributed by atoms with van der Waals surface area (Å²) in [7, 11) is 0. The number of nitro benzene ring substituents is 1. The van der Waals surface area contributed by atoms with Gasteiger partial charge in [-0.3, -0.25) is 14.9 Å². The van der Waals surface area contributed by atoms with Crippen LogP contribution in [0.25, 0.3) is 10.9 Å². The summed E-state index contributed by atoms with van der Waals surface area (Å²) < 4.78 is 13.1. The summed E-state index contributed by atoms with van der Waals surface area (Å²) in [5.74, 6) is -0.429. The fraction of sp³-hybridized carbons (Fsp3) is 0.273. The minimum atomic E-state index is -0.411. The summed E-state index contributed by atoms with van der Waals surface area (Å²) in [6.07, 6.45) is 1.35. The van der Waals surface area contributed by atoms with Crippen molar-refractivity contribution in [2.45, 2.75) is 19.8 Å². The summed E-state index contributed by atoms with van der Waals surface area (Å²) in [4.78, 5) is 30.2. The standard InChI is InChI=1S/C22H20FN3O3/c1-14-13-20(18-3-2-4-19(26(28)29)21(18)24-14)25-11-9-16(10-12-25)22(27)15-5-7-17(23)8-6-15/h2-8,13,16H,9-12H2,1H3. The number of benzene rings is 2. The lowest BCUT2D eigenvalue weighted by Gasteiger charge is -2.33. The van der Waals surface area contributed by atoms with Gasteiger partial charge >= 0.3 is 0 Å². The van der Waals surface area contributed by atoms with E-state index in [-0.39, 0.29) is 23.2 Å². The van der Waals surface area contributed by atoms with Gasteiger partial charge in [0.25, 0.3) is 5.69 Å². The Balaban J connectivity index is 1.58. The van der Waals surface area contributed by atoms with Gasteiger partial charge in [-0.25, -0.2) is 9.37 Å². The predicted octanol–water partition coefficient (Wildman–Crippen LogP) is 4.69. The lowest BCUT2D eigenvalue weighted by Crippen LogP contribution is -2.36. The quantitative estimate of drug-likeness (QED) is 0.365. The fourth-order valence-corrected chi connectivity index (χ4v) is 3.98. The first-order valence-corrected chi connectivity index (χ1v) is 9.53. The summed E-state index contributed by atoms with van der Waals surface area (Å²) >= 11 is 0. The van der Waals surface area contributed by atoms with Gasteiger partial charge in [-0.05, 0) is 50.1 Å². The molecule has 1 fully saturated rings. The number of aryl methyl sites for hydroxylation is 1. The number of pyridine rings is 1. The van der Waals surface area contributed by atoms with Gasteiger partial charge in [0.05, 0.1) is 4.92 Å². The van der Waals surface area contributed by atoms with E-state index in [2.05, 4.69) is 9.88 Å². The monoisotopic (exact) mass is 393 g/mol. The largest absolute Gasteiger partial charge is 0.371 e. The van der Waals surface area contributed by atoms with E-state index in [4.69, 9.17) is 0 Å². The lowest BCUT2D eigenvalue weighted by molar-refractivity contribution is -0.383. The van der Waals surface area contributed by atoms with Crippen LogP contribution >= 0.6 is 0 Å². The molecule has 2 aromatic carbocycles. The molecule has 0 atom stereocenters. The first-order chi connectivity index (χ1) is 13.9. The van der Waals surface area contributed by atoms with E-state index in [0.717, 1.165) is 11.1 Å². The van der Waals surface area contributed by atoms with Crippen LogP contribution in [0.15, 0.2) is 48.5 Å². The maximum absolute atomic E-state index is 13.1. The third kappa shape index (κ3) is 3.68. The number of piperidine rings is 1. The zero-order valence-corrected chi connectivity index (χ0v) is 16.0. The second-order valence-electron chi connectivity index (χ2n) is 7.35. The van der Waals surface area contributed by atoms with Crippen LogP contribution in [-0.2, 0) is 0 Å². The number of aromatic nitrogens is 1. The van der Waals surface area contributed by atoms with Crippen molar-refractivity contribution in [2.75, 3.05) is 18.0 Å². The Hall–Kier alpha value is -3.35. The Labute approximate surface area is 167 Å². The molecular formula is C22H20FN3O3. The summed E-state index contributed by atoms with van der Waals surface area (Å²) in [6, 6.07) is 12.6. The Kier molecular flexibility index (Phi) is 4.96. The molecule has 0 unspecified atom stereocenters. The normalized spacial score (nSPS) is 14.9. The molecule has 148 valence electrons. The number of rotatable bonds is 4. The molecule has 0 saturated carbocycles. The molecule has 3 aromatic rings. The van der Waals surface area contributed by atoms with Crippen molar-refractivity contribution in [1.82, 2.24) is 4.98 Å². The van der Waals surface area contributed by atoms with Crippen molar-refractivity contribution < 1.29 is 14.1 Å². The van der Waals surface area contributed by atoms with Crippen LogP contribution in [0.2, 0.25) is 0 Å². The SMILES string of the molecule is Cc1cc(N2CCC(C(=O)c3ccc(F)cc3)CC2)c2cccc([N+](=O)[O-])c2n1. The number of anilines is 1. The smallest absolute Gasteiger partial charge is 0.295 e. The highest BCUT2D eigenvalue weighted by Crippen LogP contribution is 2.34. The molecule has 1 aliphatic rings. The number of halogens is 1. The number of fused-ring (bicyclic) bond motifs is 1. The van der Waals surface area contributed by atoms with E-state index in [1.165, 1.54) is 30.3 Å². The van der Waals surface area contributed by atoms with Crippen LogP contribution in [0.1, 0.15) is 28.9 Å². The summed E-state index contributed by atoms with van der Waals surface area (Å²) in [5, 5.41) is 12.1. The fourth-order valence-electron chi connectivity index (χ4n) is 3.98. The Morgan fingerprint density at radius 3 is 2.52 bits per heavy atom. The molecule has 0 aliphatic carbocycles. The van der Waals surface area contributed by atoms with Gasteiger partial charge in [-0.1, -0.05) is 12.1 Å². The van der Waals surface area contributed by atoms with Crippen LogP contribution in [0.5, 0.6) is 0 Å². The number of Topliss-reactive ketones (excluding diaryl/α,β-unsaturated/α-hetero) is 1. The second-order valence-corrected chi connectivity index (χ2v) is 7.35. The highest BCUT2D eigenvalue weighted by atomic mass is 19.1. The molecule has 0 amide bonds. The molecule has 29 heavy (non-hydrogen) atoms. The van der Waals surface area contributed by atoms with E-state index in [0.29, 0.717) is 42.7 Å². The number of nitrogens with zero attached hydrogens (tertiary/aromatic N) is 3. The van der Waals surface area contributed by atoms with Crippen LogP contribution in [0.3, 0.4) is 0 Å². The third-order valence-corrected chi connectivity index (χ3v) is 5.46. The maximum atomic E-state index is 13.1. The van der Waals surface area contributed by atoms with Crippen molar-refractivity contribution in [3.8, 4) is 0 Å². The molecule has 1 saturated heterocycles. The van der Waals surface area contributed by atoms with Crippen molar-refractivity contribution in [3.63, 3.8) is 0 Å². The van der Waals surface area contributed by atoms with Gasteiger partial charge in [0.1, 0.15) is 5.82 Å². The minimum absolute atomic E-state index is 0.00572. The molecule has 0 radical (unpaired) electrons. The Morgan fingerprint density at radius 1 is 1.17 bits per heavy atom. The summed E-state index contributed by atoms with van der Waals surface area (Å²) in [6.45, 7) is 3.15. The van der Waals surface area contributed by atoms with Crippen molar-refractivity contribution in [2.24, 2.45) is 5.92 Å². The average molecular weight is 393 g/mol. The highest BCUT2D eigenvalue weighted by molar-refractivity contribution is 5.99. The van der Waals surface area contributed by atoms with Crippen molar-refractivity contribution in [3.05, 3.63) is 75.7 Å². The first-order valence-electron chi connectivity index (χ1n) is 9.53. The molecule has 0 N–H and O–H groups in total. The number of carbonyl (C=O) groups is 1. The lowest BCUT2D eigenvalue weighted by atomic mass is 9.88. The second kappa shape index (κ2) is 7.58. The maximum Gasteiger partial charge on any atom is 0.295 e. The molecule has 1 aliphatic heterocycles. The Bertz CT molecular complexity index is 1090. The van der Waals surface area contributed by atoms with E-state index >= 15 is 0 Å². The zero-order valence-electron chi connectivity index (χ0n) is 16.0. The topological polar surface area (TPSA) is 76.3 Å². The van der Waals surface area contributed by atoms with E-state index in [1.54, 1.807) is 6.07 Å². The van der Waals surface area contributed by atoms with Gasteiger partial charge in [0.15, 0.2) is 11.3 Å². The first kappa shape index (κ1) is 19.0. The van der Waals surface area contributed by atoms with Crippen LogP contribution < -0.4 is 4.90 Å². The van der Waals surface area contributed by atoms with E-state index in [9.17, 15) is 19.3 Å². The number of para-hydroxylation sites is 1. The molecule has 1 aromatic heterocycles. The van der Waals surface area contributed by atoms with Crippen LogP contribution in [0, 0.1) is 28.8 Å². The van der Waals surface area contributed by atoms with Crippen LogP contribution in [0.4, 0.5) is 15.8 Å². The minimum Gasteiger partial charge on any atom is -0.371 e. The number of hydrogen-bond donors (Lipinski definition) is 0. The van der Waals surface area contributed by atoms with Gasteiger partial charge in [0.2, 0.25) is 0 Å². The molecule has 7 heteroatoms. The van der Waals surface area contributed by atoms with E-state index in [1.807, 2.05) is 19.1 Å². The van der Waals surface area contributed by atoms with Crippen LogP contribution in [-0.4, -0.2) is 28.8 Å². The number of nitro groups is 1.